The van der Waals surface area contributed by atoms with Crippen LogP contribution in [0.3, 0.4) is 0 Å². The monoisotopic (exact) mass is 320 g/mol. The maximum Gasteiger partial charge on any atom is 0.223 e. The number of furan rings is 1. The Labute approximate surface area is 133 Å². The van der Waals surface area contributed by atoms with Crippen molar-refractivity contribution in [2.75, 3.05) is 26.2 Å². The molecule has 2 aromatic rings. The molecule has 3 heterocycles. The zero-order valence-corrected chi connectivity index (χ0v) is 13.1. The third kappa shape index (κ3) is 3.76. The van der Waals surface area contributed by atoms with Gasteiger partial charge in [-0.1, -0.05) is 6.07 Å². The molecule has 0 spiro atoms. The van der Waals surface area contributed by atoms with E-state index in [1.807, 2.05) is 29.6 Å². The van der Waals surface area contributed by atoms with Crippen LogP contribution in [0.4, 0.5) is 0 Å². The highest BCUT2D eigenvalue weighted by molar-refractivity contribution is 7.13. The largest absolute Gasteiger partial charge is 0.460 e. The summed E-state index contributed by atoms with van der Waals surface area (Å²) in [6.07, 6.45) is 0.509. The molecule has 0 saturated carbocycles. The molecule has 1 atom stereocenters. The summed E-state index contributed by atoms with van der Waals surface area (Å²) >= 11 is 1.64. The van der Waals surface area contributed by atoms with E-state index in [0.717, 1.165) is 22.9 Å². The van der Waals surface area contributed by atoms with E-state index in [9.17, 15) is 9.90 Å². The number of rotatable bonds is 4. The number of carbonyl (C=O) groups excluding carboxylic acids is 1. The molecule has 0 bridgehead atoms. The van der Waals surface area contributed by atoms with Gasteiger partial charge in [0.25, 0.3) is 0 Å². The Hall–Kier alpha value is -1.63. The van der Waals surface area contributed by atoms with Gasteiger partial charge in [-0.2, -0.15) is 0 Å². The number of nitrogens with zero attached hydrogens (tertiary/aromatic N) is 1. The summed E-state index contributed by atoms with van der Waals surface area (Å²) in [7, 11) is 0. The fourth-order valence-electron chi connectivity index (χ4n) is 2.57. The first-order valence-corrected chi connectivity index (χ1v) is 8.39. The predicted molar refractivity (Wildman–Crippen MR) is 85.8 cm³/mol. The lowest BCUT2D eigenvalue weighted by Crippen LogP contribution is -2.37. The minimum atomic E-state index is -0.486. The standard InChI is InChI=1S/C16H20N2O3S/c19-12-10-17-7-8-18(11-12)16(20)6-4-13-3-5-14(21-13)15-2-1-9-22-15/h1-3,5,9,12,17,19H,4,6-8,10-11H2/t12-/m1/s1. The molecule has 5 nitrogen and oxygen atoms in total. The highest BCUT2D eigenvalue weighted by Crippen LogP contribution is 2.27. The van der Waals surface area contributed by atoms with E-state index >= 15 is 0 Å². The van der Waals surface area contributed by atoms with Gasteiger partial charge in [0.2, 0.25) is 5.91 Å². The van der Waals surface area contributed by atoms with Gasteiger partial charge in [0.05, 0.1) is 11.0 Å². The summed E-state index contributed by atoms with van der Waals surface area (Å²) in [5, 5.41) is 14.9. The topological polar surface area (TPSA) is 65.7 Å². The first-order chi connectivity index (χ1) is 10.7. The molecule has 1 saturated heterocycles. The zero-order chi connectivity index (χ0) is 15.4. The Balaban J connectivity index is 1.54. The number of hydrogen-bond acceptors (Lipinski definition) is 5. The van der Waals surface area contributed by atoms with Crippen molar-refractivity contribution in [3.63, 3.8) is 0 Å². The summed E-state index contributed by atoms with van der Waals surface area (Å²) in [4.78, 5) is 15.1. The zero-order valence-electron chi connectivity index (χ0n) is 12.3. The number of aryl methyl sites for hydroxylation is 1. The Bertz CT molecular complexity index is 609. The smallest absolute Gasteiger partial charge is 0.223 e. The number of thiophene rings is 1. The Morgan fingerprint density at radius 2 is 2.36 bits per heavy atom. The first kappa shape index (κ1) is 15.3. The molecule has 1 fully saturated rings. The van der Waals surface area contributed by atoms with E-state index in [2.05, 4.69) is 5.32 Å². The average molecular weight is 320 g/mol. The van der Waals surface area contributed by atoms with Crippen molar-refractivity contribution in [1.29, 1.82) is 0 Å². The van der Waals surface area contributed by atoms with Crippen LogP contribution in [-0.2, 0) is 11.2 Å². The van der Waals surface area contributed by atoms with Crippen molar-refractivity contribution >= 4 is 17.2 Å². The van der Waals surface area contributed by atoms with Gasteiger partial charge in [-0.25, -0.2) is 0 Å². The molecule has 3 rings (SSSR count). The molecule has 0 aliphatic carbocycles. The third-order valence-electron chi connectivity index (χ3n) is 3.73. The second-order valence-electron chi connectivity index (χ2n) is 5.44. The van der Waals surface area contributed by atoms with Gasteiger partial charge in [0.15, 0.2) is 0 Å². The van der Waals surface area contributed by atoms with E-state index in [4.69, 9.17) is 4.42 Å². The van der Waals surface area contributed by atoms with Crippen LogP contribution in [0.1, 0.15) is 12.2 Å². The second-order valence-corrected chi connectivity index (χ2v) is 6.39. The number of aliphatic hydroxyl groups excluding tert-OH is 1. The van der Waals surface area contributed by atoms with E-state index in [1.165, 1.54) is 0 Å². The van der Waals surface area contributed by atoms with Crippen LogP contribution >= 0.6 is 11.3 Å². The van der Waals surface area contributed by atoms with E-state index < -0.39 is 6.10 Å². The number of amides is 1. The molecule has 118 valence electrons. The highest BCUT2D eigenvalue weighted by Gasteiger charge is 2.20. The SMILES string of the molecule is O=C(CCc1ccc(-c2cccs2)o1)N1CCNC[C@@H](O)C1. The minimum Gasteiger partial charge on any atom is -0.460 e. The lowest BCUT2D eigenvalue weighted by Gasteiger charge is -2.21. The van der Waals surface area contributed by atoms with Gasteiger partial charge in [0, 0.05) is 39.0 Å². The molecule has 0 unspecified atom stereocenters. The van der Waals surface area contributed by atoms with E-state index in [-0.39, 0.29) is 5.91 Å². The Kier molecular flexibility index (Phi) is 4.92. The number of hydrogen-bond donors (Lipinski definition) is 2. The van der Waals surface area contributed by atoms with Gasteiger partial charge in [-0.05, 0) is 23.6 Å². The maximum absolute atomic E-state index is 12.3. The van der Waals surface area contributed by atoms with E-state index in [1.54, 1.807) is 16.2 Å². The first-order valence-electron chi connectivity index (χ1n) is 7.51. The maximum atomic E-state index is 12.3. The molecule has 6 heteroatoms. The number of carbonyl (C=O) groups is 1. The molecule has 0 aromatic carbocycles. The van der Waals surface area contributed by atoms with Crippen molar-refractivity contribution in [2.24, 2.45) is 0 Å². The van der Waals surface area contributed by atoms with Crippen LogP contribution < -0.4 is 5.32 Å². The fourth-order valence-corrected chi connectivity index (χ4v) is 3.26. The van der Waals surface area contributed by atoms with Gasteiger partial charge in [-0.15, -0.1) is 11.3 Å². The molecule has 1 amide bonds. The van der Waals surface area contributed by atoms with Gasteiger partial charge in [-0.3, -0.25) is 4.79 Å². The van der Waals surface area contributed by atoms with Crippen molar-refractivity contribution in [2.45, 2.75) is 18.9 Å². The Morgan fingerprint density at radius 1 is 1.45 bits per heavy atom. The summed E-state index contributed by atoms with van der Waals surface area (Å²) in [5.74, 6) is 1.74. The molecule has 1 aliphatic rings. The lowest BCUT2D eigenvalue weighted by molar-refractivity contribution is -0.132. The van der Waals surface area contributed by atoms with Crippen LogP contribution in [-0.4, -0.2) is 48.2 Å². The summed E-state index contributed by atoms with van der Waals surface area (Å²) in [5.41, 5.74) is 0. The number of aliphatic hydroxyl groups is 1. The quantitative estimate of drug-likeness (QED) is 0.900. The fraction of sp³-hybridized carbons (Fsp3) is 0.438. The van der Waals surface area contributed by atoms with Gasteiger partial charge >= 0.3 is 0 Å². The van der Waals surface area contributed by atoms with Crippen molar-refractivity contribution in [3.05, 3.63) is 35.4 Å². The van der Waals surface area contributed by atoms with Gasteiger partial charge in [0.1, 0.15) is 11.5 Å². The number of β-amino-alcohol motifs (C(OH)–C–C–N with tert-alkyl or cyclic N) is 1. The van der Waals surface area contributed by atoms with Crippen LogP contribution in [0.15, 0.2) is 34.1 Å². The summed E-state index contributed by atoms with van der Waals surface area (Å²) < 4.78 is 5.79. The second kappa shape index (κ2) is 7.09. The van der Waals surface area contributed by atoms with Crippen molar-refractivity contribution in [1.82, 2.24) is 10.2 Å². The minimum absolute atomic E-state index is 0.0665. The molecular weight excluding hydrogens is 300 g/mol. The predicted octanol–water partition coefficient (Wildman–Crippen LogP) is 1.73. The van der Waals surface area contributed by atoms with Crippen LogP contribution in [0.5, 0.6) is 0 Å². The van der Waals surface area contributed by atoms with Crippen LogP contribution in [0.25, 0.3) is 10.6 Å². The molecule has 22 heavy (non-hydrogen) atoms. The molecular formula is C16H20N2O3S. The van der Waals surface area contributed by atoms with E-state index in [0.29, 0.717) is 32.5 Å². The van der Waals surface area contributed by atoms with Gasteiger partial charge < -0.3 is 19.7 Å². The normalized spacial score (nSPS) is 19.1. The Morgan fingerprint density at radius 3 is 3.18 bits per heavy atom. The molecule has 0 radical (unpaired) electrons. The lowest BCUT2D eigenvalue weighted by atomic mass is 10.2. The van der Waals surface area contributed by atoms with Crippen LogP contribution in [0, 0.1) is 0 Å². The van der Waals surface area contributed by atoms with Crippen LogP contribution in [0.2, 0.25) is 0 Å². The molecule has 2 aromatic heterocycles. The summed E-state index contributed by atoms with van der Waals surface area (Å²) in [6.45, 7) is 2.33. The number of nitrogens with one attached hydrogen (secondary N) is 1. The average Bonchev–Trinajstić information content (AvgIpc) is 3.14. The van der Waals surface area contributed by atoms with Crippen molar-refractivity contribution < 1.29 is 14.3 Å². The highest BCUT2D eigenvalue weighted by atomic mass is 32.1. The third-order valence-corrected chi connectivity index (χ3v) is 4.62. The van der Waals surface area contributed by atoms with Crippen molar-refractivity contribution in [3.8, 4) is 10.6 Å². The molecule has 1 aliphatic heterocycles. The molecule has 2 N–H and O–H groups in total. The summed E-state index contributed by atoms with van der Waals surface area (Å²) in [6, 6.07) is 7.89.